The Labute approximate surface area is 237 Å². The second-order valence-electron chi connectivity index (χ2n) is 12.3. The van der Waals surface area contributed by atoms with Gasteiger partial charge in [-0.25, -0.2) is 4.98 Å². The van der Waals surface area contributed by atoms with E-state index in [9.17, 15) is 4.79 Å². The Kier molecular flexibility index (Phi) is 6.71. The van der Waals surface area contributed by atoms with E-state index in [1.165, 1.54) is 36.8 Å². The Bertz CT molecular complexity index is 1460. The second-order valence-corrected chi connectivity index (χ2v) is 12.3. The van der Waals surface area contributed by atoms with Gasteiger partial charge in [-0.1, -0.05) is 60.7 Å². The van der Waals surface area contributed by atoms with Gasteiger partial charge in [-0.2, -0.15) is 0 Å². The molecule has 3 aromatic carbocycles. The number of para-hydroxylation sites is 2. The Morgan fingerprint density at radius 3 is 2.15 bits per heavy atom. The lowest BCUT2D eigenvalue weighted by atomic mass is 9.70. The highest BCUT2D eigenvalue weighted by atomic mass is 16.2. The zero-order valence-electron chi connectivity index (χ0n) is 23.6. The normalized spacial score (nSPS) is 24.4. The van der Waals surface area contributed by atoms with Crippen LogP contribution in [0, 0.1) is 6.92 Å². The maximum absolute atomic E-state index is 13.2. The molecule has 0 unspecified atom stereocenters. The summed E-state index contributed by atoms with van der Waals surface area (Å²) in [5.41, 5.74) is 4.79. The zero-order valence-corrected chi connectivity index (χ0v) is 23.6. The van der Waals surface area contributed by atoms with Crippen molar-refractivity contribution in [1.29, 1.82) is 0 Å². The van der Waals surface area contributed by atoms with E-state index < -0.39 is 0 Å². The Morgan fingerprint density at radius 1 is 0.825 bits per heavy atom. The lowest BCUT2D eigenvalue weighted by Gasteiger charge is -2.45. The molecule has 3 saturated heterocycles. The fourth-order valence-corrected chi connectivity index (χ4v) is 8.17. The number of nitrogens with zero attached hydrogens (tertiary/aromatic N) is 4. The van der Waals surface area contributed by atoms with Crippen LogP contribution in [0.3, 0.4) is 0 Å². The van der Waals surface area contributed by atoms with Gasteiger partial charge in [0.2, 0.25) is 0 Å². The molecule has 0 saturated carbocycles. The SMILES string of the molecule is Cc1nc2ccccc2n1C1C[C@H]2CC[C@H](C1)N2CCC1(c2ccccc2)CCN(C(=O)c2ccccc2)CC1. The topological polar surface area (TPSA) is 41.4 Å². The molecule has 2 bridgehead atoms. The van der Waals surface area contributed by atoms with E-state index in [4.69, 9.17) is 4.98 Å². The lowest BCUT2D eigenvalue weighted by molar-refractivity contribution is 0.0607. The minimum absolute atomic E-state index is 0.127. The summed E-state index contributed by atoms with van der Waals surface area (Å²) in [6.45, 7) is 4.97. The molecule has 206 valence electrons. The molecule has 2 atom stereocenters. The summed E-state index contributed by atoms with van der Waals surface area (Å²) in [5, 5.41) is 0. The van der Waals surface area contributed by atoms with Crippen molar-refractivity contribution in [2.75, 3.05) is 19.6 Å². The van der Waals surface area contributed by atoms with Crippen molar-refractivity contribution >= 4 is 16.9 Å². The number of aryl methyl sites for hydroxylation is 1. The molecular formula is C35H40N4O. The van der Waals surface area contributed by atoms with Crippen molar-refractivity contribution in [3.8, 4) is 0 Å². The zero-order chi connectivity index (χ0) is 27.1. The van der Waals surface area contributed by atoms with E-state index in [1.807, 2.05) is 30.3 Å². The van der Waals surface area contributed by atoms with E-state index >= 15 is 0 Å². The van der Waals surface area contributed by atoms with Crippen LogP contribution in [-0.2, 0) is 5.41 Å². The number of imidazole rings is 1. The Hall–Kier alpha value is -3.44. The number of amides is 1. The van der Waals surface area contributed by atoms with Crippen molar-refractivity contribution in [2.45, 2.75) is 75.4 Å². The molecule has 4 heterocycles. The first-order valence-electron chi connectivity index (χ1n) is 15.2. The van der Waals surface area contributed by atoms with Gasteiger partial charge >= 0.3 is 0 Å². The third-order valence-electron chi connectivity index (χ3n) is 10.3. The monoisotopic (exact) mass is 532 g/mol. The summed E-state index contributed by atoms with van der Waals surface area (Å²) in [6, 6.07) is 31.4. The molecule has 0 spiro atoms. The number of likely N-dealkylation sites (tertiary alicyclic amines) is 1. The first kappa shape index (κ1) is 25.5. The van der Waals surface area contributed by atoms with Gasteiger partial charge in [0, 0.05) is 36.8 Å². The van der Waals surface area contributed by atoms with Crippen LogP contribution in [0.1, 0.15) is 72.7 Å². The molecule has 3 fully saturated rings. The molecule has 1 amide bonds. The van der Waals surface area contributed by atoms with Gasteiger partial charge in [0.25, 0.3) is 5.91 Å². The number of rotatable bonds is 6. The number of carbonyl (C=O) groups is 1. The highest BCUT2D eigenvalue weighted by Crippen LogP contribution is 2.45. The van der Waals surface area contributed by atoms with Crippen LogP contribution in [0.15, 0.2) is 84.9 Å². The van der Waals surface area contributed by atoms with Gasteiger partial charge < -0.3 is 9.47 Å². The molecular weight excluding hydrogens is 492 g/mol. The predicted molar refractivity (Wildman–Crippen MR) is 161 cm³/mol. The maximum atomic E-state index is 13.2. The highest BCUT2D eigenvalue weighted by Gasteiger charge is 2.44. The standard InChI is InChI=1S/C35H40N4O/c1-26-36-32-14-8-9-15-33(32)39(26)31-24-29-16-17-30(25-31)38(29)23-20-35(28-12-6-3-7-13-28)18-21-37(22-19-35)34(40)27-10-4-2-5-11-27/h2-15,29-31H,16-25H2,1H3/t29-,30-/m1/s1. The van der Waals surface area contributed by atoms with E-state index in [0.717, 1.165) is 55.8 Å². The second kappa shape index (κ2) is 10.5. The van der Waals surface area contributed by atoms with Crippen molar-refractivity contribution in [3.05, 3.63) is 102 Å². The van der Waals surface area contributed by atoms with Crippen LogP contribution in [-0.4, -0.2) is 57.0 Å². The first-order valence-corrected chi connectivity index (χ1v) is 15.2. The summed E-state index contributed by atoms with van der Waals surface area (Å²) in [5.74, 6) is 1.32. The molecule has 0 radical (unpaired) electrons. The number of benzene rings is 3. The van der Waals surface area contributed by atoms with Gasteiger partial charge in [0.1, 0.15) is 5.82 Å². The molecule has 3 aliphatic heterocycles. The molecule has 1 aromatic heterocycles. The number of carbonyl (C=O) groups excluding carboxylic acids is 1. The van der Waals surface area contributed by atoms with Crippen LogP contribution in [0.25, 0.3) is 11.0 Å². The van der Waals surface area contributed by atoms with Gasteiger partial charge in [-0.05, 0) is 93.7 Å². The minimum atomic E-state index is 0.127. The third kappa shape index (κ3) is 4.54. The van der Waals surface area contributed by atoms with E-state index in [2.05, 4.69) is 75.9 Å². The number of hydrogen-bond donors (Lipinski definition) is 0. The average Bonchev–Trinajstić information content (AvgIpc) is 3.47. The van der Waals surface area contributed by atoms with Gasteiger partial charge in [0.15, 0.2) is 0 Å². The van der Waals surface area contributed by atoms with Crippen molar-refractivity contribution < 1.29 is 4.79 Å². The largest absolute Gasteiger partial charge is 0.339 e. The van der Waals surface area contributed by atoms with Gasteiger partial charge in [0.05, 0.1) is 11.0 Å². The average molecular weight is 533 g/mol. The number of piperidine rings is 2. The molecule has 7 rings (SSSR count). The van der Waals surface area contributed by atoms with E-state index in [0.29, 0.717) is 18.1 Å². The fourth-order valence-electron chi connectivity index (χ4n) is 8.17. The molecule has 0 aliphatic carbocycles. The molecule has 40 heavy (non-hydrogen) atoms. The molecule has 5 nitrogen and oxygen atoms in total. The van der Waals surface area contributed by atoms with Crippen molar-refractivity contribution in [2.24, 2.45) is 0 Å². The van der Waals surface area contributed by atoms with Crippen LogP contribution < -0.4 is 0 Å². The maximum Gasteiger partial charge on any atom is 0.253 e. The Balaban J connectivity index is 1.07. The van der Waals surface area contributed by atoms with Gasteiger partial charge in [-0.3, -0.25) is 9.69 Å². The highest BCUT2D eigenvalue weighted by molar-refractivity contribution is 5.94. The summed E-state index contributed by atoms with van der Waals surface area (Å²) in [4.78, 5) is 23.0. The molecule has 3 aliphatic rings. The van der Waals surface area contributed by atoms with Crippen LogP contribution in [0.2, 0.25) is 0 Å². The fraction of sp³-hybridized carbons (Fsp3) is 0.429. The smallest absolute Gasteiger partial charge is 0.253 e. The predicted octanol–water partition coefficient (Wildman–Crippen LogP) is 6.78. The number of hydrogen-bond acceptors (Lipinski definition) is 3. The van der Waals surface area contributed by atoms with Crippen LogP contribution in [0.5, 0.6) is 0 Å². The van der Waals surface area contributed by atoms with Crippen LogP contribution in [0.4, 0.5) is 0 Å². The van der Waals surface area contributed by atoms with Crippen molar-refractivity contribution in [3.63, 3.8) is 0 Å². The molecule has 0 N–H and O–H groups in total. The first-order chi connectivity index (χ1) is 19.6. The minimum Gasteiger partial charge on any atom is -0.339 e. The Morgan fingerprint density at radius 2 is 1.45 bits per heavy atom. The van der Waals surface area contributed by atoms with Gasteiger partial charge in [-0.15, -0.1) is 0 Å². The van der Waals surface area contributed by atoms with E-state index in [1.54, 1.807) is 0 Å². The summed E-state index contributed by atoms with van der Waals surface area (Å²) in [7, 11) is 0. The number of aromatic nitrogens is 2. The van der Waals surface area contributed by atoms with Crippen LogP contribution >= 0.6 is 0 Å². The number of fused-ring (bicyclic) bond motifs is 3. The third-order valence-corrected chi connectivity index (χ3v) is 10.3. The summed E-state index contributed by atoms with van der Waals surface area (Å²) >= 11 is 0. The molecule has 4 aromatic rings. The summed E-state index contributed by atoms with van der Waals surface area (Å²) in [6.07, 6.45) is 8.28. The molecule has 5 heteroatoms. The van der Waals surface area contributed by atoms with E-state index in [-0.39, 0.29) is 11.3 Å². The summed E-state index contributed by atoms with van der Waals surface area (Å²) < 4.78 is 2.53. The lowest BCUT2D eigenvalue weighted by Crippen LogP contribution is -2.49. The van der Waals surface area contributed by atoms with Crippen molar-refractivity contribution in [1.82, 2.24) is 19.4 Å². The quantitative estimate of drug-likeness (QED) is 0.275.